The van der Waals surface area contributed by atoms with Gasteiger partial charge in [-0.15, -0.1) is 22.7 Å². The lowest BCUT2D eigenvalue weighted by atomic mass is 9.86. The summed E-state index contributed by atoms with van der Waals surface area (Å²) in [7, 11) is 0. The fourth-order valence-corrected chi connectivity index (χ4v) is 14.1. The maximum absolute atomic E-state index is 17.0. The molecule has 10 rings (SSSR count). The lowest BCUT2D eigenvalue weighted by molar-refractivity contribution is 0.452. The highest BCUT2D eigenvalue weighted by Gasteiger charge is 2.38. The van der Waals surface area contributed by atoms with E-state index in [1.165, 1.54) is 46.6 Å². The molecule has 0 radical (unpaired) electrons. The topological polar surface area (TPSA) is 3.24 Å². The summed E-state index contributed by atoms with van der Waals surface area (Å²) >= 11 is 8.18. The van der Waals surface area contributed by atoms with E-state index in [9.17, 15) is 0 Å². The summed E-state index contributed by atoms with van der Waals surface area (Å²) in [5.41, 5.74) is -4.24. The average molecular weight is 930 g/mol. The van der Waals surface area contributed by atoms with Crippen LogP contribution in [0.3, 0.4) is 0 Å². The Morgan fingerprint density at radius 2 is 1.02 bits per heavy atom. The Hall–Kier alpha value is -4.57. The van der Waals surface area contributed by atoms with Gasteiger partial charge in [-0.3, -0.25) is 4.90 Å². The van der Waals surface area contributed by atoms with Gasteiger partial charge in [-0.05, 0) is 95.9 Å². The first kappa shape index (κ1) is 40.5. The van der Waals surface area contributed by atoms with Crippen molar-refractivity contribution in [3.8, 4) is 11.1 Å². The molecule has 2 aliphatic rings. The third-order valence-corrected chi connectivity index (χ3v) is 17.6. The Labute approximate surface area is 371 Å². The molecule has 6 aromatic carbocycles. The van der Waals surface area contributed by atoms with Crippen molar-refractivity contribution in [2.45, 2.75) is 58.4 Å². The Kier molecular flexibility index (Phi) is 10.8. The van der Waals surface area contributed by atoms with Gasteiger partial charge >= 0.3 is 0 Å². The molecule has 14 heteroatoms. The van der Waals surface area contributed by atoms with Gasteiger partial charge in [0.05, 0.1) is 16.1 Å². The maximum atomic E-state index is 17.0. The standard InChI is InChI=1S/C47H26F7NS6/c1-23-35(39(49)40(50)36(38(23)48)25(27-18-8-20-56-27)22-24-10-6-16-32-46(24)60-30-14-4-2-12-28(30)58-32)37-41(51)43(53)45(44(54)42(37)52)55(34-19-9-21-57-34)26-11-7-17-33-47(26)61-31-15-5-3-13-29(31)59-33/h2-21,25H,22H2,1H3. The zero-order valence-electron chi connectivity index (χ0n) is 31.4. The maximum Gasteiger partial charge on any atom is 0.186 e. The third-order valence-electron chi connectivity index (χ3n) is 10.5. The highest BCUT2D eigenvalue weighted by atomic mass is 32.2. The van der Waals surface area contributed by atoms with Crippen LogP contribution < -0.4 is 4.90 Å². The van der Waals surface area contributed by atoms with E-state index in [4.69, 9.17) is 0 Å². The van der Waals surface area contributed by atoms with Gasteiger partial charge < -0.3 is 0 Å². The lowest BCUT2D eigenvalue weighted by Crippen LogP contribution is -2.18. The van der Waals surface area contributed by atoms with Crippen LogP contribution in [-0.2, 0) is 6.42 Å². The Morgan fingerprint density at radius 1 is 0.475 bits per heavy atom. The van der Waals surface area contributed by atoms with Crippen molar-refractivity contribution in [1.29, 1.82) is 0 Å². The predicted octanol–water partition coefficient (Wildman–Crippen LogP) is 16.8. The first-order valence-corrected chi connectivity index (χ1v) is 23.7. The molecular formula is C47H26F7NS6. The summed E-state index contributed by atoms with van der Waals surface area (Å²) < 4.78 is 117. The van der Waals surface area contributed by atoms with E-state index in [-0.39, 0.29) is 17.1 Å². The second kappa shape index (κ2) is 16.3. The molecule has 1 nitrogen and oxygen atoms in total. The summed E-state index contributed by atoms with van der Waals surface area (Å²) in [5, 5.41) is 3.60. The first-order chi connectivity index (χ1) is 29.6. The fourth-order valence-electron chi connectivity index (χ4n) is 7.72. The van der Waals surface area contributed by atoms with E-state index in [2.05, 4.69) is 0 Å². The molecule has 2 aromatic heterocycles. The third kappa shape index (κ3) is 6.90. The predicted molar refractivity (Wildman–Crippen MR) is 235 cm³/mol. The number of thiophene rings is 2. The van der Waals surface area contributed by atoms with Crippen molar-refractivity contribution in [2.24, 2.45) is 0 Å². The largest absolute Gasteiger partial charge is 0.295 e. The highest BCUT2D eigenvalue weighted by Crippen LogP contribution is 2.56. The van der Waals surface area contributed by atoms with E-state index in [1.807, 2.05) is 72.8 Å². The minimum Gasteiger partial charge on any atom is -0.295 e. The van der Waals surface area contributed by atoms with Crippen molar-refractivity contribution >= 4 is 86.1 Å². The zero-order chi connectivity index (χ0) is 42.1. The molecule has 0 bridgehead atoms. The van der Waals surface area contributed by atoms with Crippen molar-refractivity contribution in [3.05, 3.63) is 182 Å². The van der Waals surface area contributed by atoms with Crippen LogP contribution in [0.25, 0.3) is 11.1 Å². The quantitative estimate of drug-likeness (QED) is 0.110. The zero-order valence-corrected chi connectivity index (χ0v) is 36.3. The second-order valence-corrected chi connectivity index (χ2v) is 20.2. The van der Waals surface area contributed by atoms with E-state index < -0.39 is 74.6 Å². The molecule has 0 N–H and O–H groups in total. The molecule has 61 heavy (non-hydrogen) atoms. The van der Waals surface area contributed by atoms with Gasteiger partial charge in [0.25, 0.3) is 0 Å². The normalized spacial score (nSPS) is 13.3. The van der Waals surface area contributed by atoms with Gasteiger partial charge in [0.15, 0.2) is 34.9 Å². The molecule has 0 aliphatic carbocycles. The Bertz CT molecular complexity index is 2970. The minimum atomic E-state index is -2.00. The molecule has 0 saturated carbocycles. The number of fused-ring (bicyclic) bond motifs is 4. The van der Waals surface area contributed by atoms with Gasteiger partial charge in [0.2, 0.25) is 0 Å². The number of hydrogen-bond acceptors (Lipinski definition) is 7. The van der Waals surface area contributed by atoms with Crippen molar-refractivity contribution in [2.75, 3.05) is 4.90 Å². The van der Waals surface area contributed by atoms with E-state index in [1.54, 1.807) is 58.9 Å². The van der Waals surface area contributed by atoms with E-state index in [0.717, 1.165) is 63.0 Å². The SMILES string of the molecule is Cc1c(F)c(C(Cc2cccc3c2Sc2ccccc2S3)c2cccs2)c(F)c(F)c1-c1c(F)c(F)c(N(c2cccs2)c2cccc3c2Sc2ccccc2S3)c(F)c1F. The molecule has 0 fully saturated rings. The number of halogens is 7. The number of nitrogens with zero attached hydrogens (tertiary/aromatic N) is 1. The van der Waals surface area contributed by atoms with E-state index in [0.29, 0.717) is 9.77 Å². The van der Waals surface area contributed by atoms with Gasteiger partial charge in [-0.25, -0.2) is 30.7 Å². The number of anilines is 3. The van der Waals surface area contributed by atoms with Gasteiger partial charge in [0, 0.05) is 56.2 Å². The minimum absolute atomic E-state index is 0.0519. The number of rotatable bonds is 8. The van der Waals surface area contributed by atoms with Crippen molar-refractivity contribution in [3.63, 3.8) is 0 Å². The molecule has 0 saturated heterocycles. The molecular weight excluding hydrogens is 904 g/mol. The van der Waals surface area contributed by atoms with E-state index >= 15 is 30.7 Å². The molecule has 1 atom stereocenters. The number of benzene rings is 6. The van der Waals surface area contributed by atoms with Crippen LogP contribution in [0.4, 0.5) is 47.1 Å². The van der Waals surface area contributed by atoms with Crippen LogP contribution in [0.1, 0.15) is 27.5 Å². The smallest absolute Gasteiger partial charge is 0.186 e. The summed E-state index contributed by atoms with van der Waals surface area (Å²) in [4.78, 5) is 8.72. The Balaban J connectivity index is 1.09. The molecule has 8 aromatic rings. The number of hydrogen-bond donors (Lipinski definition) is 0. The van der Waals surface area contributed by atoms with Crippen LogP contribution in [0, 0.1) is 47.6 Å². The van der Waals surface area contributed by atoms with Crippen molar-refractivity contribution < 1.29 is 30.7 Å². The van der Waals surface area contributed by atoms with Crippen LogP contribution >= 0.6 is 69.7 Å². The molecule has 2 aliphatic heterocycles. The van der Waals surface area contributed by atoms with Crippen LogP contribution in [0.5, 0.6) is 0 Å². The molecule has 1 unspecified atom stereocenters. The summed E-state index contributed by atoms with van der Waals surface area (Å²) in [6, 6.07) is 32.8. The molecule has 0 spiro atoms. The highest BCUT2D eigenvalue weighted by molar-refractivity contribution is 8.05. The summed E-state index contributed by atoms with van der Waals surface area (Å²) in [5.74, 6) is -13.6. The fraction of sp³-hybridized carbons (Fsp3) is 0.0638. The van der Waals surface area contributed by atoms with Gasteiger partial charge in [-0.1, -0.05) is 95.6 Å². The summed E-state index contributed by atoms with van der Waals surface area (Å²) in [6.07, 6.45) is 0.0519. The monoisotopic (exact) mass is 929 g/mol. The second-order valence-electron chi connectivity index (χ2n) is 14.0. The Morgan fingerprint density at radius 3 is 1.62 bits per heavy atom. The molecule has 4 heterocycles. The van der Waals surface area contributed by atoms with Crippen LogP contribution in [0.15, 0.2) is 159 Å². The molecule has 0 amide bonds. The average Bonchev–Trinajstić information content (AvgIpc) is 4.02. The summed E-state index contributed by atoms with van der Waals surface area (Å²) in [6.45, 7) is 1.03. The van der Waals surface area contributed by atoms with Gasteiger partial charge in [0.1, 0.15) is 16.5 Å². The lowest BCUT2D eigenvalue weighted by Gasteiger charge is -2.30. The molecule has 304 valence electrons. The van der Waals surface area contributed by atoms with Crippen molar-refractivity contribution in [1.82, 2.24) is 0 Å². The van der Waals surface area contributed by atoms with Crippen LogP contribution in [0.2, 0.25) is 0 Å². The van der Waals surface area contributed by atoms with Crippen LogP contribution in [-0.4, -0.2) is 0 Å². The van der Waals surface area contributed by atoms with Gasteiger partial charge in [-0.2, -0.15) is 0 Å². The first-order valence-electron chi connectivity index (χ1n) is 18.6.